The van der Waals surface area contributed by atoms with Gasteiger partial charge in [-0.3, -0.25) is 4.98 Å². The molecule has 1 aromatic heterocycles. The predicted molar refractivity (Wildman–Crippen MR) is 39.3 cm³/mol. The van der Waals surface area contributed by atoms with Gasteiger partial charge in [-0.1, -0.05) is 0 Å². The van der Waals surface area contributed by atoms with Gasteiger partial charge >= 0.3 is 0 Å². The Morgan fingerprint density at radius 1 is 1.45 bits per heavy atom. The summed E-state index contributed by atoms with van der Waals surface area (Å²) in [7, 11) is 0. The highest BCUT2D eigenvalue weighted by Crippen LogP contribution is 2.07. The standard InChI is InChI=1S/C7H10N2O2/c1-6-7(11-5-4-10)9-3-2-8-6/h2-3,10H,4-5H2,1H3. The molecule has 4 heteroatoms. The summed E-state index contributed by atoms with van der Waals surface area (Å²) in [5, 5.41) is 8.45. The summed E-state index contributed by atoms with van der Waals surface area (Å²) in [4.78, 5) is 7.88. The first kappa shape index (κ1) is 7.94. The van der Waals surface area contributed by atoms with E-state index in [1.807, 2.05) is 0 Å². The second-order valence-corrected chi connectivity index (χ2v) is 2.02. The van der Waals surface area contributed by atoms with Gasteiger partial charge in [0.1, 0.15) is 6.61 Å². The van der Waals surface area contributed by atoms with E-state index >= 15 is 0 Å². The molecule has 0 aliphatic rings. The zero-order chi connectivity index (χ0) is 8.10. The van der Waals surface area contributed by atoms with Crippen molar-refractivity contribution in [2.24, 2.45) is 0 Å². The van der Waals surface area contributed by atoms with E-state index in [0.29, 0.717) is 5.88 Å². The fourth-order valence-electron chi connectivity index (χ4n) is 0.679. The van der Waals surface area contributed by atoms with E-state index in [4.69, 9.17) is 9.84 Å². The monoisotopic (exact) mass is 154 g/mol. The Morgan fingerprint density at radius 2 is 2.18 bits per heavy atom. The zero-order valence-corrected chi connectivity index (χ0v) is 6.32. The Kier molecular flexibility index (Phi) is 2.80. The van der Waals surface area contributed by atoms with Gasteiger partial charge in [-0.05, 0) is 6.92 Å². The van der Waals surface area contributed by atoms with Crippen LogP contribution in [0.15, 0.2) is 12.4 Å². The molecule has 0 bridgehead atoms. The molecule has 1 heterocycles. The minimum absolute atomic E-state index is 0.00395. The van der Waals surface area contributed by atoms with Gasteiger partial charge in [-0.2, -0.15) is 0 Å². The van der Waals surface area contributed by atoms with Gasteiger partial charge in [0, 0.05) is 12.4 Å². The van der Waals surface area contributed by atoms with E-state index in [1.165, 1.54) is 0 Å². The van der Waals surface area contributed by atoms with Gasteiger partial charge in [0.2, 0.25) is 5.88 Å². The van der Waals surface area contributed by atoms with Crippen LogP contribution in [0.1, 0.15) is 5.69 Å². The molecular formula is C7H10N2O2. The number of hydrogen-bond acceptors (Lipinski definition) is 4. The zero-order valence-electron chi connectivity index (χ0n) is 6.32. The van der Waals surface area contributed by atoms with Crippen LogP contribution >= 0.6 is 0 Å². The topological polar surface area (TPSA) is 55.2 Å². The molecule has 0 radical (unpaired) electrons. The largest absolute Gasteiger partial charge is 0.474 e. The van der Waals surface area contributed by atoms with Gasteiger partial charge < -0.3 is 9.84 Å². The van der Waals surface area contributed by atoms with E-state index in [1.54, 1.807) is 19.3 Å². The third-order valence-corrected chi connectivity index (χ3v) is 1.17. The third-order valence-electron chi connectivity index (χ3n) is 1.17. The van der Waals surface area contributed by atoms with Gasteiger partial charge in [-0.25, -0.2) is 4.98 Å². The normalized spacial score (nSPS) is 9.64. The number of nitrogens with zero attached hydrogens (tertiary/aromatic N) is 2. The molecule has 1 aromatic rings. The Morgan fingerprint density at radius 3 is 2.82 bits per heavy atom. The van der Waals surface area contributed by atoms with Crippen molar-refractivity contribution in [1.82, 2.24) is 9.97 Å². The van der Waals surface area contributed by atoms with E-state index in [9.17, 15) is 0 Å². The van der Waals surface area contributed by atoms with Crippen LogP contribution in [-0.4, -0.2) is 28.3 Å². The lowest BCUT2D eigenvalue weighted by Crippen LogP contribution is -2.04. The van der Waals surface area contributed by atoms with Crippen LogP contribution in [0.5, 0.6) is 5.88 Å². The van der Waals surface area contributed by atoms with Crippen molar-refractivity contribution in [3.63, 3.8) is 0 Å². The fourth-order valence-corrected chi connectivity index (χ4v) is 0.679. The van der Waals surface area contributed by atoms with E-state index < -0.39 is 0 Å². The highest BCUT2D eigenvalue weighted by atomic mass is 16.5. The molecular weight excluding hydrogens is 144 g/mol. The Balaban J connectivity index is 2.62. The van der Waals surface area contributed by atoms with Crippen molar-refractivity contribution in [2.75, 3.05) is 13.2 Å². The van der Waals surface area contributed by atoms with Crippen molar-refractivity contribution in [3.05, 3.63) is 18.1 Å². The minimum Gasteiger partial charge on any atom is -0.474 e. The number of aliphatic hydroxyl groups is 1. The molecule has 1 rings (SSSR count). The van der Waals surface area contributed by atoms with E-state index in [-0.39, 0.29) is 13.2 Å². The Hall–Kier alpha value is -1.16. The molecule has 11 heavy (non-hydrogen) atoms. The first-order chi connectivity index (χ1) is 5.34. The van der Waals surface area contributed by atoms with Crippen LogP contribution in [0.3, 0.4) is 0 Å². The summed E-state index contributed by atoms with van der Waals surface area (Å²) < 4.78 is 5.06. The van der Waals surface area contributed by atoms with Crippen LogP contribution in [-0.2, 0) is 0 Å². The number of aryl methyl sites for hydroxylation is 1. The molecule has 0 aliphatic heterocycles. The maximum absolute atomic E-state index is 8.45. The van der Waals surface area contributed by atoms with Crippen molar-refractivity contribution >= 4 is 0 Å². The van der Waals surface area contributed by atoms with Crippen LogP contribution in [0.25, 0.3) is 0 Å². The molecule has 0 aliphatic carbocycles. The van der Waals surface area contributed by atoms with Gasteiger partial charge in [0.15, 0.2) is 0 Å². The quantitative estimate of drug-likeness (QED) is 0.673. The molecule has 0 unspecified atom stereocenters. The first-order valence-electron chi connectivity index (χ1n) is 3.36. The summed E-state index contributed by atoms with van der Waals surface area (Å²) in [5.74, 6) is 0.488. The lowest BCUT2D eigenvalue weighted by Gasteiger charge is -2.03. The highest BCUT2D eigenvalue weighted by Gasteiger charge is 1.98. The second-order valence-electron chi connectivity index (χ2n) is 2.02. The number of aliphatic hydroxyl groups excluding tert-OH is 1. The lowest BCUT2D eigenvalue weighted by molar-refractivity contribution is 0.195. The molecule has 0 aromatic carbocycles. The summed E-state index contributed by atoms with van der Waals surface area (Å²) in [6, 6.07) is 0. The number of ether oxygens (including phenoxy) is 1. The molecule has 0 saturated heterocycles. The second kappa shape index (κ2) is 3.88. The number of rotatable bonds is 3. The summed E-state index contributed by atoms with van der Waals surface area (Å²) in [6.45, 7) is 2.06. The van der Waals surface area contributed by atoms with Crippen molar-refractivity contribution in [1.29, 1.82) is 0 Å². The molecule has 0 atom stereocenters. The molecule has 0 saturated carbocycles. The van der Waals surface area contributed by atoms with Crippen molar-refractivity contribution < 1.29 is 9.84 Å². The predicted octanol–water partition coefficient (Wildman–Crippen LogP) is 0.156. The SMILES string of the molecule is Cc1nccnc1OCCO. The fraction of sp³-hybridized carbons (Fsp3) is 0.429. The van der Waals surface area contributed by atoms with Crippen LogP contribution in [0, 0.1) is 6.92 Å². The highest BCUT2D eigenvalue weighted by molar-refractivity contribution is 5.14. The third kappa shape index (κ3) is 2.16. The molecule has 0 amide bonds. The van der Waals surface area contributed by atoms with Crippen molar-refractivity contribution in [2.45, 2.75) is 6.92 Å². The Bertz CT molecular complexity index is 227. The first-order valence-corrected chi connectivity index (χ1v) is 3.36. The smallest absolute Gasteiger partial charge is 0.235 e. The maximum atomic E-state index is 8.45. The number of aromatic nitrogens is 2. The average Bonchev–Trinajstić information content (AvgIpc) is 2.03. The summed E-state index contributed by atoms with van der Waals surface area (Å²) >= 11 is 0. The van der Waals surface area contributed by atoms with Crippen molar-refractivity contribution in [3.8, 4) is 5.88 Å². The molecule has 1 N–H and O–H groups in total. The molecule has 0 spiro atoms. The average molecular weight is 154 g/mol. The maximum Gasteiger partial charge on any atom is 0.235 e. The van der Waals surface area contributed by atoms with Gasteiger partial charge in [0.25, 0.3) is 0 Å². The van der Waals surface area contributed by atoms with Crippen LogP contribution in [0.4, 0.5) is 0 Å². The molecule has 4 nitrogen and oxygen atoms in total. The molecule has 60 valence electrons. The van der Waals surface area contributed by atoms with Gasteiger partial charge in [-0.15, -0.1) is 0 Å². The Labute approximate surface area is 64.9 Å². The lowest BCUT2D eigenvalue weighted by atomic mass is 10.5. The van der Waals surface area contributed by atoms with Crippen LogP contribution < -0.4 is 4.74 Å². The summed E-state index contributed by atoms with van der Waals surface area (Å²) in [6.07, 6.45) is 3.15. The van der Waals surface area contributed by atoms with E-state index in [0.717, 1.165) is 5.69 Å². The summed E-state index contributed by atoms with van der Waals surface area (Å²) in [5.41, 5.74) is 0.737. The van der Waals surface area contributed by atoms with Crippen LogP contribution in [0.2, 0.25) is 0 Å². The minimum atomic E-state index is -0.00395. The van der Waals surface area contributed by atoms with Gasteiger partial charge in [0.05, 0.1) is 12.3 Å². The number of hydrogen-bond donors (Lipinski definition) is 1. The molecule has 0 fully saturated rings. The van der Waals surface area contributed by atoms with E-state index in [2.05, 4.69) is 9.97 Å².